The van der Waals surface area contributed by atoms with Gasteiger partial charge < -0.3 is 4.74 Å². The van der Waals surface area contributed by atoms with E-state index < -0.39 is 20.3 Å². The number of fused-ring (bicyclic) bond motifs is 2. The molecule has 1 aliphatic heterocycles. The van der Waals surface area contributed by atoms with E-state index in [-0.39, 0.29) is 26.0 Å². The zero-order valence-electron chi connectivity index (χ0n) is 25.9. The summed E-state index contributed by atoms with van der Waals surface area (Å²) in [5, 5.41) is 3.79. The van der Waals surface area contributed by atoms with Crippen LogP contribution in [0.2, 0.25) is 0 Å². The van der Waals surface area contributed by atoms with Crippen LogP contribution in [0.5, 0.6) is 11.5 Å². The van der Waals surface area contributed by atoms with Crippen LogP contribution in [0.1, 0.15) is 108 Å². The molecule has 0 aromatic heterocycles. The number of para-hydroxylation sites is 2. The fraction of sp³-hybridized carbons (Fsp3) is 0.594. The van der Waals surface area contributed by atoms with E-state index in [2.05, 4.69) is 133 Å². The van der Waals surface area contributed by atoms with Crippen LogP contribution in [0.3, 0.4) is 0 Å². The molecular weight excluding hydrogens is 607 g/mol. The molecule has 0 aliphatic carbocycles. The molecular formula is C32H50F2OP2Pd+2. The van der Waals surface area contributed by atoms with Crippen LogP contribution < -0.4 is 15.3 Å². The fourth-order valence-corrected chi connectivity index (χ4v) is 15.9. The summed E-state index contributed by atoms with van der Waals surface area (Å²) in [7, 11) is -1.90. The van der Waals surface area contributed by atoms with E-state index in [1.54, 1.807) is 18.7 Å². The van der Waals surface area contributed by atoms with Crippen LogP contribution >= 0.6 is 15.8 Å². The van der Waals surface area contributed by atoms with Crippen molar-refractivity contribution in [1.29, 1.82) is 0 Å². The standard InChI is InChI=1S/C31H48OP2.CF2.Pd/c1-27(2,3)33(28(4,5)6)23-19-15-17-21-25(23)32-26-22(31(21,13)14)18-16-20-24(26)34(29(7,8)9)30(10,11)12;2-1-3;/h15-20H,1-14H3;;/p+2. The van der Waals surface area contributed by atoms with Crippen molar-refractivity contribution in [2.45, 2.75) is 123 Å². The van der Waals surface area contributed by atoms with Crippen LogP contribution in [0.4, 0.5) is 8.78 Å². The number of benzene rings is 2. The van der Waals surface area contributed by atoms with Gasteiger partial charge in [0.15, 0.2) is 11.5 Å². The minimum absolute atomic E-state index is 0.0968. The Balaban J connectivity index is 0.00000118. The molecule has 0 atom stereocenters. The predicted molar refractivity (Wildman–Crippen MR) is 167 cm³/mol. The van der Waals surface area contributed by atoms with Gasteiger partial charge in [0.05, 0.1) is 20.6 Å². The number of rotatable bonds is 2. The van der Waals surface area contributed by atoms with E-state index >= 15 is 0 Å². The Kier molecular flexibility index (Phi) is 10.1. The molecule has 38 heavy (non-hydrogen) atoms. The van der Waals surface area contributed by atoms with Crippen LogP contribution in [-0.4, -0.2) is 25.1 Å². The van der Waals surface area contributed by atoms with Crippen LogP contribution in [-0.2, 0) is 24.2 Å². The van der Waals surface area contributed by atoms with Gasteiger partial charge in [0.2, 0.25) is 0 Å². The first kappa shape index (κ1) is 33.7. The Labute approximate surface area is 244 Å². The van der Waals surface area contributed by atoms with Crippen molar-refractivity contribution >= 4 is 30.9 Å². The Hall–Kier alpha value is -0.508. The monoisotopic (exact) mass is 656 g/mol. The fourth-order valence-electron chi connectivity index (χ4n) is 6.79. The SMILES string of the molecule is CC1(C)c2cccc([PH+](C(C)(C)C)C(C)(C)C)c2Oc2c([PH+](C(C)(C)C)C(C)(C)C)cccc21.F[C](F)=[Pd]. The molecule has 0 radical (unpaired) electrons. The Morgan fingerprint density at radius 2 is 0.895 bits per heavy atom. The first-order valence-electron chi connectivity index (χ1n) is 13.4. The number of halogens is 2. The first-order chi connectivity index (χ1) is 16.9. The summed E-state index contributed by atoms with van der Waals surface area (Å²) in [6, 6.07) is 13.9. The van der Waals surface area contributed by atoms with Crippen molar-refractivity contribution in [2.24, 2.45) is 0 Å². The van der Waals surface area contributed by atoms with E-state index in [1.807, 2.05) is 0 Å². The summed E-state index contributed by atoms with van der Waals surface area (Å²) >= 11 is 1.63. The second kappa shape index (κ2) is 11.4. The molecule has 0 unspecified atom stereocenters. The van der Waals surface area contributed by atoms with Gasteiger partial charge in [0.1, 0.15) is 10.6 Å². The number of hydrogen-bond donors (Lipinski definition) is 0. The average molecular weight is 657 g/mol. The van der Waals surface area contributed by atoms with Gasteiger partial charge in [-0.25, -0.2) is 0 Å². The van der Waals surface area contributed by atoms with Crippen molar-refractivity contribution in [3.63, 3.8) is 0 Å². The summed E-state index contributed by atoms with van der Waals surface area (Å²) in [5.74, 6) is 2.30. The summed E-state index contributed by atoms with van der Waals surface area (Å²) in [6.07, 6.45) is 0. The molecule has 3 rings (SSSR count). The van der Waals surface area contributed by atoms with Crippen molar-refractivity contribution < 1.29 is 32.3 Å². The van der Waals surface area contributed by atoms with Crippen LogP contribution in [0, 0.1) is 0 Å². The molecule has 0 saturated heterocycles. The van der Waals surface area contributed by atoms with E-state index in [0.29, 0.717) is 0 Å². The van der Waals surface area contributed by atoms with E-state index in [1.165, 1.54) is 21.7 Å². The van der Waals surface area contributed by atoms with E-state index in [4.69, 9.17) is 4.74 Å². The Bertz CT molecular complexity index is 1050. The van der Waals surface area contributed by atoms with Gasteiger partial charge in [-0.2, -0.15) is 0 Å². The van der Waals surface area contributed by atoms with Crippen LogP contribution in [0.15, 0.2) is 36.4 Å². The van der Waals surface area contributed by atoms with Crippen molar-refractivity contribution in [3.05, 3.63) is 47.5 Å². The molecule has 1 nitrogen and oxygen atoms in total. The molecule has 6 heteroatoms. The maximum absolute atomic E-state index is 10.2. The topological polar surface area (TPSA) is 9.23 Å². The van der Waals surface area contributed by atoms with E-state index in [9.17, 15) is 8.78 Å². The van der Waals surface area contributed by atoms with Crippen molar-refractivity contribution in [3.8, 4) is 11.5 Å². The molecule has 0 saturated carbocycles. The van der Waals surface area contributed by atoms with Gasteiger partial charge in [0.25, 0.3) is 0 Å². The number of hydrogen-bond acceptors (Lipinski definition) is 1. The molecule has 216 valence electrons. The molecule has 0 spiro atoms. The summed E-state index contributed by atoms with van der Waals surface area (Å²) in [6.45, 7) is 33.8. The molecule has 1 aliphatic rings. The summed E-state index contributed by atoms with van der Waals surface area (Å²) in [5.41, 5.74) is 2.58. The Morgan fingerprint density at radius 1 is 0.632 bits per heavy atom. The quantitative estimate of drug-likeness (QED) is 0.231. The molecule has 1 heterocycles. The normalized spacial score (nSPS) is 15.4. The molecule has 0 amide bonds. The third-order valence-corrected chi connectivity index (χ3v) is 15.0. The third-order valence-electron chi connectivity index (χ3n) is 7.12. The average Bonchev–Trinajstić information content (AvgIpc) is 2.64. The Morgan fingerprint density at radius 3 is 1.13 bits per heavy atom. The molecule has 0 fully saturated rings. The second-order valence-corrected chi connectivity index (χ2v) is 24.2. The molecule has 0 N–H and O–H groups in total. The van der Waals surface area contributed by atoms with Gasteiger partial charge in [-0.3, -0.25) is 0 Å². The van der Waals surface area contributed by atoms with Gasteiger partial charge in [-0.05, 0) is 95.2 Å². The van der Waals surface area contributed by atoms with Gasteiger partial charge in [-0.15, -0.1) is 0 Å². The molecule has 2 aromatic rings. The second-order valence-electron chi connectivity index (χ2n) is 15.0. The van der Waals surface area contributed by atoms with Gasteiger partial charge in [-0.1, -0.05) is 38.1 Å². The summed E-state index contributed by atoms with van der Waals surface area (Å²) < 4.78 is 25.8. The molecule has 2 aromatic carbocycles. The third kappa shape index (κ3) is 7.41. The van der Waals surface area contributed by atoms with Gasteiger partial charge in [0, 0.05) is 32.4 Å². The predicted octanol–water partition coefficient (Wildman–Crippen LogP) is 9.55. The van der Waals surface area contributed by atoms with Crippen LogP contribution in [0.25, 0.3) is 0 Å². The number of ether oxygens (including phenoxy) is 1. The van der Waals surface area contributed by atoms with Gasteiger partial charge >= 0.3 is 32.0 Å². The zero-order valence-corrected chi connectivity index (χ0v) is 29.5. The summed E-state index contributed by atoms with van der Waals surface area (Å²) in [4.78, 5) is 0. The van der Waals surface area contributed by atoms with Crippen molar-refractivity contribution in [2.75, 3.05) is 0 Å². The molecule has 0 bridgehead atoms. The zero-order chi connectivity index (χ0) is 29.6. The van der Waals surface area contributed by atoms with Crippen molar-refractivity contribution in [1.82, 2.24) is 0 Å². The maximum atomic E-state index is 10.2. The van der Waals surface area contributed by atoms with E-state index in [0.717, 1.165) is 11.5 Å². The minimum atomic E-state index is -1.73. The first-order valence-corrected chi connectivity index (χ1v) is 17.2.